The van der Waals surface area contributed by atoms with Gasteiger partial charge in [0.15, 0.2) is 0 Å². The highest BCUT2D eigenvalue weighted by Gasteiger charge is 2.33. The van der Waals surface area contributed by atoms with Gasteiger partial charge in [-0.25, -0.2) is 4.79 Å². The predicted octanol–water partition coefficient (Wildman–Crippen LogP) is 2.95. The summed E-state index contributed by atoms with van der Waals surface area (Å²) in [6.45, 7) is 0. The van der Waals surface area contributed by atoms with Crippen LogP contribution in [0.4, 0.5) is 4.79 Å². The van der Waals surface area contributed by atoms with Crippen molar-refractivity contribution in [3.63, 3.8) is 0 Å². The van der Waals surface area contributed by atoms with Gasteiger partial charge in [0, 0.05) is 12.1 Å². The molecule has 24 heavy (non-hydrogen) atoms. The molecule has 2 fully saturated rings. The van der Waals surface area contributed by atoms with E-state index in [1.54, 1.807) is 0 Å². The Morgan fingerprint density at radius 2 is 1.71 bits per heavy atom. The molecular weight excluding hydrogens is 304 g/mol. The van der Waals surface area contributed by atoms with Gasteiger partial charge in [-0.1, -0.05) is 30.3 Å². The van der Waals surface area contributed by atoms with E-state index in [0.717, 1.165) is 19.3 Å². The van der Waals surface area contributed by atoms with E-state index >= 15 is 0 Å². The van der Waals surface area contributed by atoms with Gasteiger partial charge in [-0.15, -0.1) is 0 Å². The van der Waals surface area contributed by atoms with Crippen LogP contribution in [0.15, 0.2) is 30.3 Å². The normalized spacial score (nSPS) is 24.8. The molecule has 0 bridgehead atoms. The van der Waals surface area contributed by atoms with Gasteiger partial charge in [0.2, 0.25) is 0 Å². The molecule has 2 saturated carbocycles. The van der Waals surface area contributed by atoms with Crippen molar-refractivity contribution in [3.05, 3.63) is 35.9 Å². The SMILES string of the molecule is O=C(NC1CCC(C(=O)O)CC1)NC(Cc1ccccc1)C1CC1. The van der Waals surface area contributed by atoms with Crippen molar-refractivity contribution in [2.75, 3.05) is 0 Å². The number of benzene rings is 1. The van der Waals surface area contributed by atoms with E-state index in [-0.39, 0.29) is 24.0 Å². The number of carbonyl (C=O) groups excluding carboxylic acids is 1. The Kier molecular flexibility index (Phi) is 5.38. The zero-order valence-electron chi connectivity index (χ0n) is 13.9. The Morgan fingerprint density at radius 1 is 1.04 bits per heavy atom. The number of carboxylic acid groups (broad SMARTS) is 1. The van der Waals surface area contributed by atoms with Crippen LogP contribution >= 0.6 is 0 Å². The van der Waals surface area contributed by atoms with E-state index < -0.39 is 5.97 Å². The van der Waals surface area contributed by atoms with Gasteiger partial charge < -0.3 is 15.7 Å². The maximum absolute atomic E-state index is 12.3. The predicted molar refractivity (Wildman–Crippen MR) is 91.7 cm³/mol. The van der Waals surface area contributed by atoms with Crippen LogP contribution < -0.4 is 10.6 Å². The molecule has 1 unspecified atom stereocenters. The van der Waals surface area contributed by atoms with E-state index in [2.05, 4.69) is 22.8 Å². The lowest BCUT2D eigenvalue weighted by Gasteiger charge is -2.28. The van der Waals surface area contributed by atoms with Crippen LogP contribution in [-0.2, 0) is 11.2 Å². The van der Waals surface area contributed by atoms with E-state index in [1.165, 1.54) is 18.4 Å². The van der Waals surface area contributed by atoms with Crippen LogP contribution in [0.2, 0.25) is 0 Å². The molecule has 0 aromatic heterocycles. The monoisotopic (exact) mass is 330 g/mol. The van der Waals surface area contributed by atoms with Crippen molar-refractivity contribution in [2.24, 2.45) is 11.8 Å². The number of nitrogens with one attached hydrogen (secondary N) is 2. The van der Waals surface area contributed by atoms with Crippen molar-refractivity contribution < 1.29 is 14.7 Å². The van der Waals surface area contributed by atoms with Crippen molar-refractivity contribution in [1.29, 1.82) is 0 Å². The van der Waals surface area contributed by atoms with E-state index in [9.17, 15) is 9.59 Å². The van der Waals surface area contributed by atoms with Gasteiger partial charge in [-0.05, 0) is 56.4 Å². The molecular formula is C19H26N2O3. The van der Waals surface area contributed by atoms with Gasteiger partial charge in [-0.3, -0.25) is 4.79 Å². The molecule has 0 heterocycles. The number of hydrogen-bond acceptors (Lipinski definition) is 2. The quantitative estimate of drug-likeness (QED) is 0.750. The number of hydrogen-bond donors (Lipinski definition) is 3. The van der Waals surface area contributed by atoms with E-state index in [1.807, 2.05) is 18.2 Å². The van der Waals surface area contributed by atoms with Crippen LogP contribution in [0, 0.1) is 11.8 Å². The zero-order chi connectivity index (χ0) is 16.9. The summed E-state index contributed by atoms with van der Waals surface area (Å²) in [5.74, 6) is -0.378. The first kappa shape index (κ1) is 16.8. The van der Waals surface area contributed by atoms with Crippen LogP contribution in [0.25, 0.3) is 0 Å². The van der Waals surface area contributed by atoms with Gasteiger partial charge in [0.05, 0.1) is 5.92 Å². The summed E-state index contributed by atoms with van der Waals surface area (Å²) in [7, 11) is 0. The number of amides is 2. The first-order valence-electron chi connectivity index (χ1n) is 8.95. The van der Waals surface area contributed by atoms with Gasteiger partial charge in [0.25, 0.3) is 0 Å². The number of carboxylic acids is 1. The topological polar surface area (TPSA) is 78.4 Å². The summed E-state index contributed by atoms with van der Waals surface area (Å²) in [4.78, 5) is 23.3. The number of carbonyl (C=O) groups is 2. The van der Waals surface area contributed by atoms with Gasteiger partial charge in [-0.2, -0.15) is 0 Å². The van der Waals surface area contributed by atoms with Crippen molar-refractivity contribution in [3.8, 4) is 0 Å². The molecule has 0 aliphatic heterocycles. The second-order valence-electron chi connectivity index (χ2n) is 7.14. The molecule has 3 N–H and O–H groups in total. The summed E-state index contributed by atoms with van der Waals surface area (Å²) >= 11 is 0. The summed E-state index contributed by atoms with van der Waals surface area (Å²) in [5, 5.41) is 15.2. The average molecular weight is 330 g/mol. The molecule has 2 aliphatic carbocycles. The van der Waals surface area contributed by atoms with E-state index in [0.29, 0.717) is 18.8 Å². The molecule has 0 spiro atoms. The fourth-order valence-electron chi connectivity index (χ4n) is 3.58. The smallest absolute Gasteiger partial charge is 0.315 e. The van der Waals surface area contributed by atoms with E-state index in [4.69, 9.17) is 5.11 Å². The Bertz CT molecular complexity index is 563. The third-order valence-corrected chi connectivity index (χ3v) is 5.22. The molecule has 0 radical (unpaired) electrons. The fourth-order valence-corrected chi connectivity index (χ4v) is 3.58. The molecule has 2 amide bonds. The summed E-state index contributed by atoms with van der Waals surface area (Å²) < 4.78 is 0. The summed E-state index contributed by atoms with van der Waals surface area (Å²) in [6.07, 6.45) is 6.02. The van der Waals surface area contributed by atoms with Crippen molar-refractivity contribution in [2.45, 2.75) is 57.0 Å². The Morgan fingerprint density at radius 3 is 2.29 bits per heavy atom. The molecule has 1 aromatic rings. The maximum atomic E-state index is 12.3. The second kappa shape index (κ2) is 7.69. The van der Waals surface area contributed by atoms with Crippen molar-refractivity contribution >= 4 is 12.0 Å². The van der Waals surface area contributed by atoms with Gasteiger partial charge >= 0.3 is 12.0 Å². The highest BCUT2D eigenvalue weighted by Crippen LogP contribution is 2.34. The standard InChI is InChI=1S/C19H26N2O3/c22-18(23)15-8-10-16(11-9-15)20-19(24)21-17(14-6-7-14)12-13-4-2-1-3-5-13/h1-5,14-17H,6-12H2,(H,22,23)(H2,20,21,24). The molecule has 0 saturated heterocycles. The first-order chi connectivity index (χ1) is 11.6. The fraction of sp³-hybridized carbons (Fsp3) is 0.579. The Labute approximate surface area is 142 Å². The minimum absolute atomic E-state index is 0.0946. The van der Waals surface area contributed by atoms with Crippen LogP contribution in [0.3, 0.4) is 0 Å². The molecule has 5 nitrogen and oxygen atoms in total. The molecule has 5 heteroatoms. The molecule has 2 aliphatic rings. The maximum Gasteiger partial charge on any atom is 0.315 e. The van der Waals surface area contributed by atoms with Crippen LogP contribution in [0.5, 0.6) is 0 Å². The third-order valence-electron chi connectivity index (χ3n) is 5.22. The third kappa shape index (κ3) is 4.73. The highest BCUT2D eigenvalue weighted by molar-refractivity contribution is 5.75. The van der Waals surface area contributed by atoms with Crippen LogP contribution in [0.1, 0.15) is 44.1 Å². The summed E-state index contributed by atoms with van der Waals surface area (Å²) in [5.41, 5.74) is 1.25. The number of aliphatic carboxylic acids is 1. The lowest BCUT2D eigenvalue weighted by atomic mass is 9.86. The first-order valence-corrected chi connectivity index (χ1v) is 8.95. The van der Waals surface area contributed by atoms with Crippen LogP contribution in [-0.4, -0.2) is 29.2 Å². The second-order valence-corrected chi connectivity index (χ2v) is 7.14. The van der Waals surface area contributed by atoms with Gasteiger partial charge in [0.1, 0.15) is 0 Å². The lowest BCUT2D eigenvalue weighted by Crippen LogP contribution is -2.48. The molecule has 1 aromatic carbocycles. The number of rotatable bonds is 6. The summed E-state index contributed by atoms with van der Waals surface area (Å²) in [6, 6.07) is 10.4. The Hall–Kier alpha value is -2.04. The zero-order valence-corrected chi connectivity index (χ0v) is 13.9. The number of urea groups is 1. The molecule has 3 rings (SSSR count). The minimum Gasteiger partial charge on any atom is -0.481 e. The molecule has 130 valence electrons. The minimum atomic E-state index is -0.713. The highest BCUT2D eigenvalue weighted by atomic mass is 16.4. The molecule has 1 atom stereocenters. The lowest BCUT2D eigenvalue weighted by molar-refractivity contribution is -0.142. The van der Waals surface area contributed by atoms with Crippen molar-refractivity contribution in [1.82, 2.24) is 10.6 Å². The largest absolute Gasteiger partial charge is 0.481 e. The average Bonchev–Trinajstić information content (AvgIpc) is 3.40. The Balaban J connectivity index is 1.47.